The first-order valence-corrected chi connectivity index (χ1v) is 8.84. The third-order valence-corrected chi connectivity index (χ3v) is 4.54. The zero-order valence-corrected chi connectivity index (χ0v) is 16.3. The quantitative estimate of drug-likeness (QED) is 0.396. The number of hydrogen-bond donors (Lipinski definition) is 2. The molecular weight excluding hydrogens is 368 g/mol. The van der Waals surface area contributed by atoms with Crippen molar-refractivity contribution in [2.75, 3.05) is 19.0 Å². The van der Waals surface area contributed by atoms with E-state index in [-0.39, 0.29) is 17.1 Å². The Morgan fingerprint density at radius 1 is 1.39 bits per heavy atom. The fourth-order valence-electron chi connectivity index (χ4n) is 2.87. The van der Waals surface area contributed by atoms with Crippen LogP contribution in [0.15, 0.2) is 18.2 Å². The summed E-state index contributed by atoms with van der Waals surface area (Å²) in [4.78, 5) is 48.3. The minimum atomic E-state index is -1.04. The highest BCUT2D eigenvalue weighted by atomic mass is 16.6. The molecule has 4 amide bonds. The van der Waals surface area contributed by atoms with E-state index < -0.39 is 34.9 Å². The van der Waals surface area contributed by atoms with E-state index in [1.165, 1.54) is 25.3 Å². The average molecular weight is 392 g/mol. The fourth-order valence-corrected chi connectivity index (χ4v) is 2.87. The summed E-state index contributed by atoms with van der Waals surface area (Å²) < 4.78 is 5.06. The number of nitro groups is 1. The second-order valence-corrected chi connectivity index (χ2v) is 7.28. The molecule has 1 heterocycles. The number of urea groups is 1. The van der Waals surface area contributed by atoms with Crippen LogP contribution >= 0.6 is 0 Å². The molecule has 0 spiro atoms. The number of amides is 4. The predicted molar refractivity (Wildman–Crippen MR) is 101 cm³/mol. The Labute approximate surface area is 162 Å². The van der Waals surface area contributed by atoms with Crippen LogP contribution in [0.1, 0.15) is 33.6 Å². The number of non-ortho nitro benzene ring substituents is 1. The van der Waals surface area contributed by atoms with Crippen LogP contribution in [0.3, 0.4) is 0 Å². The lowest BCUT2D eigenvalue weighted by atomic mass is 9.92. The number of rotatable bonds is 8. The van der Waals surface area contributed by atoms with E-state index in [2.05, 4.69) is 10.6 Å². The van der Waals surface area contributed by atoms with Crippen molar-refractivity contribution in [3.8, 4) is 5.75 Å². The summed E-state index contributed by atoms with van der Waals surface area (Å²) in [6.07, 6.45) is 1.23. The van der Waals surface area contributed by atoms with Gasteiger partial charge in [0.15, 0.2) is 0 Å². The summed E-state index contributed by atoms with van der Waals surface area (Å²) in [7, 11) is 1.31. The number of ether oxygens (including phenoxy) is 1. The number of nitrogens with zero attached hydrogens (tertiary/aromatic N) is 2. The minimum absolute atomic E-state index is 0.0986. The van der Waals surface area contributed by atoms with Gasteiger partial charge in [-0.05, 0) is 31.7 Å². The number of benzene rings is 1. The van der Waals surface area contributed by atoms with Gasteiger partial charge in [0.05, 0.1) is 23.8 Å². The van der Waals surface area contributed by atoms with Crippen molar-refractivity contribution in [2.24, 2.45) is 5.92 Å². The van der Waals surface area contributed by atoms with Crippen molar-refractivity contribution >= 4 is 29.2 Å². The number of carbonyl (C=O) groups is 3. The molecule has 1 aliphatic heterocycles. The molecule has 152 valence electrons. The monoisotopic (exact) mass is 392 g/mol. The molecule has 10 heteroatoms. The molecule has 0 unspecified atom stereocenters. The number of nitro benzene ring substituents is 1. The number of nitrogens with one attached hydrogen (secondary N) is 2. The third-order valence-electron chi connectivity index (χ3n) is 4.54. The summed E-state index contributed by atoms with van der Waals surface area (Å²) >= 11 is 0. The van der Waals surface area contributed by atoms with Gasteiger partial charge in [0.25, 0.3) is 11.6 Å². The lowest BCUT2D eigenvalue weighted by Crippen LogP contribution is -2.44. The summed E-state index contributed by atoms with van der Waals surface area (Å²) in [6.45, 7) is 5.22. The lowest BCUT2D eigenvalue weighted by molar-refractivity contribution is -0.384. The van der Waals surface area contributed by atoms with Crippen molar-refractivity contribution in [1.82, 2.24) is 10.2 Å². The van der Waals surface area contributed by atoms with E-state index >= 15 is 0 Å². The Kier molecular flexibility index (Phi) is 6.22. The molecule has 0 saturated carbocycles. The fraction of sp³-hybridized carbons (Fsp3) is 0.500. The molecule has 1 atom stereocenters. The molecule has 1 saturated heterocycles. The molecule has 1 aromatic rings. The van der Waals surface area contributed by atoms with Crippen LogP contribution in [0.25, 0.3) is 0 Å². The number of hydrogen-bond acceptors (Lipinski definition) is 6. The van der Waals surface area contributed by atoms with Crippen molar-refractivity contribution in [3.63, 3.8) is 0 Å². The highest BCUT2D eigenvalue weighted by Crippen LogP contribution is 2.29. The van der Waals surface area contributed by atoms with Crippen molar-refractivity contribution in [3.05, 3.63) is 28.3 Å². The number of methoxy groups -OCH3 is 1. The van der Waals surface area contributed by atoms with Crippen LogP contribution in [-0.2, 0) is 9.59 Å². The van der Waals surface area contributed by atoms with Gasteiger partial charge in [0.2, 0.25) is 5.91 Å². The molecule has 0 bridgehead atoms. The van der Waals surface area contributed by atoms with Crippen LogP contribution in [0, 0.1) is 16.0 Å². The molecule has 2 rings (SSSR count). The number of carbonyl (C=O) groups excluding carboxylic acids is 3. The first kappa shape index (κ1) is 21.1. The molecule has 0 aliphatic carbocycles. The Bertz CT molecular complexity index is 809. The van der Waals surface area contributed by atoms with Gasteiger partial charge >= 0.3 is 6.03 Å². The SMILES string of the molecule is COc1cc([N+](=O)[O-])ccc1NC(=O)CN1C(=O)N[C@@](C)(CCC(C)C)C1=O. The van der Waals surface area contributed by atoms with E-state index in [1.807, 2.05) is 13.8 Å². The van der Waals surface area contributed by atoms with E-state index in [0.29, 0.717) is 12.3 Å². The van der Waals surface area contributed by atoms with Gasteiger partial charge in [-0.3, -0.25) is 24.6 Å². The largest absolute Gasteiger partial charge is 0.494 e. The minimum Gasteiger partial charge on any atom is -0.494 e. The topological polar surface area (TPSA) is 131 Å². The van der Waals surface area contributed by atoms with E-state index in [0.717, 1.165) is 11.3 Å². The molecule has 28 heavy (non-hydrogen) atoms. The zero-order valence-electron chi connectivity index (χ0n) is 16.3. The van der Waals surface area contributed by atoms with Crippen LogP contribution < -0.4 is 15.4 Å². The molecule has 0 radical (unpaired) electrons. The number of imide groups is 1. The van der Waals surface area contributed by atoms with E-state index in [1.54, 1.807) is 6.92 Å². The standard InChI is InChI=1S/C18H24N4O6/c1-11(2)7-8-18(3)16(24)21(17(25)20-18)10-15(23)19-13-6-5-12(22(26)27)9-14(13)28-4/h5-6,9,11H,7-8,10H2,1-4H3,(H,19,23)(H,20,25)/t18-/m0/s1. The highest BCUT2D eigenvalue weighted by molar-refractivity contribution is 6.10. The normalized spacial score (nSPS) is 19.0. The zero-order chi connectivity index (χ0) is 21.1. The summed E-state index contributed by atoms with van der Waals surface area (Å²) in [5.41, 5.74) is -1.02. The summed E-state index contributed by atoms with van der Waals surface area (Å²) in [5, 5.41) is 16.0. The second kappa shape index (κ2) is 8.24. The Hall–Kier alpha value is -3.17. The summed E-state index contributed by atoms with van der Waals surface area (Å²) in [5.74, 6) is -0.609. The van der Waals surface area contributed by atoms with Crippen LogP contribution in [0.4, 0.5) is 16.2 Å². The molecule has 1 fully saturated rings. The van der Waals surface area contributed by atoms with Crippen molar-refractivity contribution in [1.29, 1.82) is 0 Å². The predicted octanol–water partition coefficient (Wildman–Crippen LogP) is 2.29. The van der Waals surface area contributed by atoms with Gasteiger partial charge in [-0.1, -0.05) is 13.8 Å². The Morgan fingerprint density at radius 2 is 2.07 bits per heavy atom. The molecule has 1 aromatic carbocycles. The Morgan fingerprint density at radius 3 is 2.64 bits per heavy atom. The maximum absolute atomic E-state index is 12.6. The van der Waals surface area contributed by atoms with Gasteiger partial charge in [-0.2, -0.15) is 0 Å². The average Bonchev–Trinajstić information content (AvgIpc) is 2.83. The Balaban J connectivity index is 2.08. The van der Waals surface area contributed by atoms with Crippen molar-refractivity contribution < 1.29 is 24.0 Å². The molecule has 10 nitrogen and oxygen atoms in total. The molecule has 0 aromatic heterocycles. The smallest absolute Gasteiger partial charge is 0.325 e. The van der Waals surface area contributed by atoms with Gasteiger partial charge in [-0.15, -0.1) is 0 Å². The maximum Gasteiger partial charge on any atom is 0.325 e. The van der Waals surface area contributed by atoms with Gasteiger partial charge < -0.3 is 15.4 Å². The molecular formula is C18H24N4O6. The first-order chi connectivity index (χ1) is 13.1. The molecule has 2 N–H and O–H groups in total. The van der Waals surface area contributed by atoms with Crippen LogP contribution in [0.5, 0.6) is 5.75 Å². The first-order valence-electron chi connectivity index (χ1n) is 8.84. The number of anilines is 1. The van der Waals surface area contributed by atoms with Crippen LogP contribution in [0.2, 0.25) is 0 Å². The third kappa shape index (κ3) is 4.56. The van der Waals surface area contributed by atoms with Crippen molar-refractivity contribution in [2.45, 2.75) is 39.2 Å². The van der Waals surface area contributed by atoms with Gasteiger partial charge in [-0.25, -0.2) is 4.79 Å². The van der Waals surface area contributed by atoms with E-state index in [4.69, 9.17) is 4.74 Å². The van der Waals surface area contributed by atoms with Gasteiger partial charge in [0.1, 0.15) is 17.8 Å². The maximum atomic E-state index is 12.6. The highest BCUT2D eigenvalue weighted by Gasteiger charge is 2.47. The van der Waals surface area contributed by atoms with E-state index in [9.17, 15) is 24.5 Å². The summed E-state index contributed by atoms with van der Waals surface area (Å²) in [6, 6.07) is 3.09. The second-order valence-electron chi connectivity index (χ2n) is 7.28. The van der Waals surface area contributed by atoms with Gasteiger partial charge in [0, 0.05) is 6.07 Å². The molecule has 1 aliphatic rings. The van der Waals surface area contributed by atoms with Crippen LogP contribution in [-0.4, -0.2) is 46.9 Å². The lowest BCUT2D eigenvalue weighted by Gasteiger charge is -2.22.